The summed E-state index contributed by atoms with van der Waals surface area (Å²) in [4.78, 5) is 27.1. The number of aromatic nitrogens is 2. The summed E-state index contributed by atoms with van der Waals surface area (Å²) in [7, 11) is 0. The summed E-state index contributed by atoms with van der Waals surface area (Å²) in [5, 5.41) is 9.54. The Morgan fingerprint density at radius 2 is 2.04 bits per heavy atom. The fourth-order valence-corrected chi connectivity index (χ4v) is 3.77. The van der Waals surface area contributed by atoms with Gasteiger partial charge < -0.3 is 10.1 Å². The van der Waals surface area contributed by atoms with Crippen molar-refractivity contribution in [2.24, 2.45) is 0 Å². The molecule has 0 spiro atoms. The quantitative estimate of drug-likeness (QED) is 0.703. The van der Waals surface area contributed by atoms with E-state index in [1.807, 2.05) is 18.2 Å². The summed E-state index contributed by atoms with van der Waals surface area (Å²) >= 11 is 5.40. The number of aromatic amines is 1. The highest BCUT2D eigenvalue weighted by atomic mass is 32.1. The van der Waals surface area contributed by atoms with Crippen molar-refractivity contribution in [3.63, 3.8) is 0 Å². The Labute approximate surface area is 142 Å². The van der Waals surface area contributed by atoms with Gasteiger partial charge in [-0.1, -0.05) is 24.3 Å². The third-order valence-corrected chi connectivity index (χ3v) is 4.89. The fraction of sp³-hybridized carbons (Fsp3) is 0.167. The predicted molar refractivity (Wildman–Crippen MR) is 93.3 cm³/mol. The van der Waals surface area contributed by atoms with Crippen LogP contribution >= 0.6 is 12.2 Å². The molecular weight excluding hydrogens is 324 g/mol. The van der Waals surface area contributed by atoms with Gasteiger partial charge in [0.15, 0.2) is 4.77 Å². The average molecular weight is 338 g/mol. The van der Waals surface area contributed by atoms with E-state index in [0.717, 1.165) is 18.4 Å². The van der Waals surface area contributed by atoms with Crippen molar-refractivity contribution in [2.75, 3.05) is 0 Å². The van der Waals surface area contributed by atoms with Crippen LogP contribution in [0.3, 0.4) is 0 Å². The molecule has 1 aliphatic carbocycles. The van der Waals surface area contributed by atoms with Gasteiger partial charge in [0.2, 0.25) is 0 Å². The highest BCUT2D eigenvalue weighted by Crippen LogP contribution is 2.33. The topological polar surface area (TPSA) is 75.1 Å². The van der Waals surface area contributed by atoms with Crippen molar-refractivity contribution < 1.29 is 9.90 Å². The molecule has 24 heavy (non-hydrogen) atoms. The van der Waals surface area contributed by atoms with E-state index in [4.69, 9.17) is 17.3 Å². The van der Waals surface area contributed by atoms with E-state index >= 15 is 0 Å². The van der Waals surface area contributed by atoms with Crippen LogP contribution in [0.1, 0.15) is 33.9 Å². The molecule has 3 aromatic rings. The Morgan fingerprint density at radius 1 is 1.25 bits per heavy atom. The van der Waals surface area contributed by atoms with Crippen molar-refractivity contribution in [3.8, 4) is 0 Å². The molecule has 0 bridgehead atoms. The summed E-state index contributed by atoms with van der Waals surface area (Å²) < 4.78 is 1.93. The van der Waals surface area contributed by atoms with Gasteiger partial charge in [0.05, 0.1) is 22.5 Å². The predicted octanol–water partition coefficient (Wildman–Crippen LogP) is 3.29. The maximum absolute atomic E-state index is 13.0. The van der Waals surface area contributed by atoms with Crippen molar-refractivity contribution in [1.82, 2.24) is 9.55 Å². The summed E-state index contributed by atoms with van der Waals surface area (Å²) in [6, 6.07) is 12.4. The average Bonchev–Trinajstić information content (AvgIpc) is 2.98. The number of fused-ring (bicyclic) bond motifs is 2. The summed E-state index contributed by atoms with van der Waals surface area (Å²) in [5.74, 6) is -1.04. The first-order chi connectivity index (χ1) is 11.6. The Hall–Kier alpha value is -2.73. The van der Waals surface area contributed by atoms with Gasteiger partial charge in [-0.15, -0.1) is 0 Å². The molecule has 1 unspecified atom stereocenters. The number of hydrogen-bond acceptors (Lipinski definition) is 3. The standard InChI is InChI=1S/C18H14N2O3S/c21-16-13-7-5-11(17(22)23)9-14(13)19-18(24)20(16)15-8-6-10-3-1-2-4-12(10)15/h1-5,7,9,15H,6,8H2,(H,19,24)(H,22,23). The van der Waals surface area contributed by atoms with Crippen LogP contribution in [0.25, 0.3) is 10.9 Å². The number of aromatic carboxylic acids is 1. The first-order valence-electron chi connectivity index (χ1n) is 7.66. The van der Waals surface area contributed by atoms with Gasteiger partial charge in [-0.25, -0.2) is 4.79 Å². The van der Waals surface area contributed by atoms with Crippen molar-refractivity contribution in [1.29, 1.82) is 0 Å². The minimum atomic E-state index is -1.04. The molecule has 1 heterocycles. The number of H-pyrrole nitrogens is 1. The minimum Gasteiger partial charge on any atom is -0.478 e. The number of carboxylic acid groups (broad SMARTS) is 1. The third kappa shape index (κ3) is 2.18. The molecule has 6 heteroatoms. The summed E-state index contributed by atoms with van der Waals surface area (Å²) in [5.41, 5.74) is 2.75. The smallest absolute Gasteiger partial charge is 0.335 e. The minimum absolute atomic E-state index is 0.0824. The van der Waals surface area contributed by atoms with Crippen LogP contribution in [-0.4, -0.2) is 20.6 Å². The van der Waals surface area contributed by atoms with Crippen molar-refractivity contribution in [3.05, 3.63) is 74.3 Å². The van der Waals surface area contributed by atoms with E-state index in [0.29, 0.717) is 15.7 Å². The molecule has 0 saturated heterocycles. The van der Waals surface area contributed by atoms with Crippen molar-refractivity contribution in [2.45, 2.75) is 18.9 Å². The first-order valence-corrected chi connectivity index (χ1v) is 8.07. The van der Waals surface area contributed by atoms with E-state index in [1.54, 1.807) is 10.6 Å². The van der Waals surface area contributed by atoms with Gasteiger partial charge in [0.1, 0.15) is 0 Å². The first kappa shape index (κ1) is 14.8. The number of carboxylic acids is 1. The Morgan fingerprint density at radius 3 is 2.83 bits per heavy atom. The van der Waals surface area contributed by atoms with Gasteiger partial charge >= 0.3 is 5.97 Å². The molecule has 5 nitrogen and oxygen atoms in total. The maximum Gasteiger partial charge on any atom is 0.335 e. The lowest BCUT2D eigenvalue weighted by Crippen LogP contribution is -2.26. The molecule has 0 amide bonds. The van der Waals surface area contributed by atoms with Crippen LogP contribution in [0, 0.1) is 4.77 Å². The Balaban J connectivity index is 1.95. The molecule has 0 saturated carbocycles. The largest absolute Gasteiger partial charge is 0.478 e. The number of carbonyl (C=O) groups is 1. The zero-order chi connectivity index (χ0) is 16.8. The number of benzene rings is 2. The van der Waals surface area contributed by atoms with E-state index in [-0.39, 0.29) is 17.2 Å². The van der Waals surface area contributed by atoms with Crippen LogP contribution < -0.4 is 5.56 Å². The fourth-order valence-electron chi connectivity index (χ4n) is 3.45. The van der Waals surface area contributed by atoms with Crippen LogP contribution in [0.5, 0.6) is 0 Å². The van der Waals surface area contributed by atoms with Gasteiger partial charge in [0.25, 0.3) is 5.56 Å². The molecule has 2 aromatic carbocycles. The third-order valence-electron chi connectivity index (χ3n) is 4.59. The van der Waals surface area contributed by atoms with E-state index < -0.39 is 5.97 Å². The second kappa shape index (κ2) is 5.42. The number of hydrogen-bond donors (Lipinski definition) is 2. The summed E-state index contributed by atoms with van der Waals surface area (Å²) in [6.45, 7) is 0. The SMILES string of the molecule is O=C(O)c1ccc2c(=O)n(C3CCc4ccccc43)c(=S)[nH]c2c1. The van der Waals surface area contributed by atoms with Gasteiger partial charge in [-0.2, -0.15) is 0 Å². The van der Waals surface area contributed by atoms with Crippen LogP contribution in [-0.2, 0) is 6.42 Å². The van der Waals surface area contributed by atoms with Crippen molar-refractivity contribution >= 4 is 29.1 Å². The summed E-state index contributed by atoms with van der Waals surface area (Å²) in [6.07, 6.45) is 1.74. The number of nitrogens with one attached hydrogen (secondary N) is 1. The van der Waals surface area contributed by atoms with Gasteiger partial charge in [-0.05, 0) is 54.4 Å². The second-order valence-corrected chi connectivity index (χ2v) is 6.31. The molecule has 0 radical (unpaired) electrons. The zero-order valence-corrected chi connectivity index (χ0v) is 13.5. The lowest BCUT2D eigenvalue weighted by molar-refractivity contribution is 0.0697. The van der Waals surface area contributed by atoms with Crippen LogP contribution in [0.4, 0.5) is 0 Å². The molecular formula is C18H14N2O3S. The van der Waals surface area contributed by atoms with Gasteiger partial charge in [-0.3, -0.25) is 9.36 Å². The second-order valence-electron chi connectivity index (χ2n) is 5.92. The molecule has 120 valence electrons. The van der Waals surface area contributed by atoms with E-state index in [1.165, 1.54) is 17.7 Å². The Kier molecular flexibility index (Phi) is 3.35. The lowest BCUT2D eigenvalue weighted by atomic mass is 10.1. The molecule has 4 rings (SSSR count). The number of nitrogens with zero attached hydrogens (tertiary/aromatic N) is 1. The van der Waals surface area contributed by atoms with Crippen LogP contribution in [0.2, 0.25) is 0 Å². The lowest BCUT2D eigenvalue weighted by Gasteiger charge is -2.16. The Bertz CT molecular complexity index is 1100. The zero-order valence-electron chi connectivity index (χ0n) is 12.7. The molecule has 1 aromatic heterocycles. The van der Waals surface area contributed by atoms with Crippen LogP contribution in [0.15, 0.2) is 47.3 Å². The van der Waals surface area contributed by atoms with E-state index in [2.05, 4.69) is 11.1 Å². The maximum atomic E-state index is 13.0. The normalized spacial score (nSPS) is 16.2. The van der Waals surface area contributed by atoms with E-state index in [9.17, 15) is 9.59 Å². The number of rotatable bonds is 2. The number of aryl methyl sites for hydroxylation is 1. The molecule has 0 aliphatic heterocycles. The monoisotopic (exact) mass is 338 g/mol. The van der Waals surface area contributed by atoms with Gasteiger partial charge in [0, 0.05) is 0 Å². The highest BCUT2D eigenvalue weighted by Gasteiger charge is 2.25. The molecule has 1 atom stereocenters. The molecule has 1 aliphatic rings. The molecule has 2 N–H and O–H groups in total. The highest BCUT2D eigenvalue weighted by molar-refractivity contribution is 7.71. The molecule has 0 fully saturated rings.